The summed E-state index contributed by atoms with van der Waals surface area (Å²) in [6.45, 7) is 1.72. The molecule has 0 aliphatic carbocycles. The second-order valence-corrected chi connectivity index (χ2v) is 6.23. The minimum Gasteiger partial charge on any atom is -0.303 e. The Balaban J connectivity index is 3.64. The van der Waals surface area contributed by atoms with Crippen LogP contribution in [0.3, 0.4) is 0 Å². The van der Waals surface area contributed by atoms with Gasteiger partial charge in [-0.3, -0.25) is 9.05 Å². The predicted molar refractivity (Wildman–Crippen MR) is 63.7 cm³/mol. The average molecular weight is 306 g/mol. The summed E-state index contributed by atoms with van der Waals surface area (Å²) in [6.07, 6.45) is 2.22. The van der Waals surface area contributed by atoms with Gasteiger partial charge in [-0.2, -0.15) is 0 Å². The molecular formula is C8H20O8P2. The standard InChI is InChI=1S/C8H20O8P2/c1-2-8(16-18(12,13)14)6-4-3-5-7-15-17(9,10)11/h8H,2-7H2,1H3,(H2,9,10,11)(H2,12,13,14). The lowest BCUT2D eigenvalue weighted by Gasteiger charge is -2.16. The molecule has 110 valence electrons. The van der Waals surface area contributed by atoms with Crippen molar-refractivity contribution in [2.45, 2.75) is 45.1 Å². The maximum absolute atomic E-state index is 10.6. The Hall–Kier alpha value is 0.220. The Morgan fingerprint density at radius 3 is 2.06 bits per heavy atom. The zero-order chi connectivity index (χ0) is 14.2. The monoisotopic (exact) mass is 306 g/mol. The molecule has 0 saturated heterocycles. The Bertz CT molecular complexity index is 308. The molecule has 0 spiro atoms. The highest BCUT2D eigenvalue weighted by Gasteiger charge is 2.20. The van der Waals surface area contributed by atoms with Crippen molar-refractivity contribution in [3.63, 3.8) is 0 Å². The number of hydrogen-bond donors (Lipinski definition) is 4. The van der Waals surface area contributed by atoms with E-state index in [4.69, 9.17) is 19.6 Å². The van der Waals surface area contributed by atoms with E-state index in [0.29, 0.717) is 32.1 Å². The van der Waals surface area contributed by atoms with E-state index in [1.807, 2.05) is 0 Å². The fourth-order valence-electron chi connectivity index (χ4n) is 1.36. The lowest BCUT2D eigenvalue weighted by Crippen LogP contribution is -2.10. The summed E-state index contributed by atoms with van der Waals surface area (Å²) in [5.74, 6) is 0. The molecule has 8 nitrogen and oxygen atoms in total. The van der Waals surface area contributed by atoms with Gasteiger partial charge in [0.1, 0.15) is 0 Å². The molecule has 10 heteroatoms. The van der Waals surface area contributed by atoms with Crippen LogP contribution in [0.5, 0.6) is 0 Å². The number of rotatable bonds is 10. The Morgan fingerprint density at radius 1 is 1.00 bits per heavy atom. The first-order chi connectivity index (χ1) is 8.14. The Morgan fingerprint density at radius 2 is 1.61 bits per heavy atom. The van der Waals surface area contributed by atoms with E-state index in [1.54, 1.807) is 6.92 Å². The fraction of sp³-hybridized carbons (Fsp3) is 1.00. The van der Waals surface area contributed by atoms with Crippen molar-refractivity contribution < 1.29 is 37.8 Å². The molecule has 0 aliphatic heterocycles. The number of phosphoric acid groups is 2. The van der Waals surface area contributed by atoms with Gasteiger partial charge >= 0.3 is 15.6 Å². The third kappa shape index (κ3) is 12.7. The summed E-state index contributed by atoms with van der Waals surface area (Å²) in [5, 5.41) is 0. The van der Waals surface area contributed by atoms with Gasteiger partial charge in [-0.05, 0) is 19.3 Å². The fourth-order valence-corrected chi connectivity index (χ4v) is 2.37. The van der Waals surface area contributed by atoms with Crippen LogP contribution >= 0.6 is 15.6 Å². The van der Waals surface area contributed by atoms with Gasteiger partial charge in [-0.1, -0.05) is 19.8 Å². The summed E-state index contributed by atoms with van der Waals surface area (Å²) < 4.78 is 29.8. The highest BCUT2D eigenvalue weighted by Crippen LogP contribution is 2.39. The van der Waals surface area contributed by atoms with Gasteiger partial charge in [-0.15, -0.1) is 0 Å². The molecular weight excluding hydrogens is 286 g/mol. The summed E-state index contributed by atoms with van der Waals surface area (Å²) in [4.78, 5) is 34.1. The minimum atomic E-state index is -4.45. The zero-order valence-electron chi connectivity index (χ0n) is 10.1. The van der Waals surface area contributed by atoms with Gasteiger partial charge in [0.15, 0.2) is 0 Å². The van der Waals surface area contributed by atoms with Gasteiger partial charge in [0, 0.05) is 0 Å². The topological polar surface area (TPSA) is 134 Å². The van der Waals surface area contributed by atoms with E-state index in [9.17, 15) is 9.13 Å². The molecule has 1 unspecified atom stereocenters. The first kappa shape index (κ1) is 18.2. The van der Waals surface area contributed by atoms with Crippen LogP contribution < -0.4 is 0 Å². The highest BCUT2D eigenvalue weighted by molar-refractivity contribution is 7.46. The molecule has 18 heavy (non-hydrogen) atoms. The van der Waals surface area contributed by atoms with E-state index < -0.39 is 21.7 Å². The molecule has 4 N–H and O–H groups in total. The quantitative estimate of drug-likeness (QED) is 0.353. The molecule has 0 fully saturated rings. The lowest BCUT2D eigenvalue weighted by molar-refractivity contribution is 0.120. The van der Waals surface area contributed by atoms with Crippen molar-refractivity contribution >= 4 is 15.6 Å². The van der Waals surface area contributed by atoms with Crippen LogP contribution in [-0.2, 0) is 18.2 Å². The molecule has 0 amide bonds. The number of phosphoric ester groups is 2. The maximum Gasteiger partial charge on any atom is 0.469 e. The van der Waals surface area contributed by atoms with Crippen LogP contribution in [0.25, 0.3) is 0 Å². The average Bonchev–Trinajstić information content (AvgIpc) is 2.18. The number of hydrogen-bond acceptors (Lipinski definition) is 4. The molecule has 0 bridgehead atoms. The number of unbranched alkanes of at least 4 members (excludes halogenated alkanes) is 2. The van der Waals surface area contributed by atoms with Crippen LogP contribution in [0.4, 0.5) is 0 Å². The third-order valence-corrected chi connectivity index (χ3v) is 3.26. The second-order valence-electron chi connectivity index (χ2n) is 3.80. The highest BCUT2D eigenvalue weighted by atomic mass is 31.2. The van der Waals surface area contributed by atoms with E-state index in [2.05, 4.69) is 9.05 Å². The van der Waals surface area contributed by atoms with E-state index in [-0.39, 0.29) is 6.61 Å². The third-order valence-electron chi connectivity index (χ3n) is 2.17. The van der Waals surface area contributed by atoms with Gasteiger partial charge in [0.05, 0.1) is 12.7 Å². The molecule has 0 aromatic rings. The minimum absolute atomic E-state index is 0.0413. The summed E-state index contributed by atoms with van der Waals surface area (Å²) in [7, 11) is -8.84. The first-order valence-corrected chi connectivity index (χ1v) is 8.64. The molecule has 0 heterocycles. The van der Waals surface area contributed by atoms with Crippen molar-refractivity contribution in [2.75, 3.05) is 6.61 Å². The van der Waals surface area contributed by atoms with Crippen molar-refractivity contribution in [3.05, 3.63) is 0 Å². The second kappa shape index (κ2) is 8.40. The van der Waals surface area contributed by atoms with Crippen LogP contribution in [0.15, 0.2) is 0 Å². The van der Waals surface area contributed by atoms with Gasteiger partial charge < -0.3 is 19.6 Å². The van der Waals surface area contributed by atoms with Crippen LogP contribution in [0, 0.1) is 0 Å². The van der Waals surface area contributed by atoms with Crippen molar-refractivity contribution in [3.8, 4) is 0 Å². The lowest BCUT2D eigenvalue weighted by atomic mass is 10.1. The largest absolute Gasteiger partial charge is 0.469 e. The van der Waals surface area contributed by atoms with Crippen LogP contribution in [-0.4, -0.2) is 32.3 Å². The normalized spacial score (nSPS) is 14.7. The Kier molecular flexibility index (Phi) is 8.51. The first-order valence-electron chi connectivity index (χ1n) is 5.58. The Labute approximate surface area is 106 Å². The van der Waals surface area contributed by atoms with E-state index in [0.717, 1.165) is 0 Å². The molecule has 0 saturated carbocycles. The molecule has 0 aromatic heterocycles. The smallest absolute Gasteiger partial charge is 0.303 e. The molecule has 0 radical (unpaired) electrons. The van der Waals surface area contributed by atoms with Crippen molar-refractivity contribution in [1.82, 2.24) is 0 Å². The van der Waals surface area contributed by atoms with Crippen LogP contribution in [0.2, 0.25) is 0 Å². The van der Waals surface area contributed by atoms with E-state index in [1.165, 1.54) is 0 Å². The summed E-state index contributed by atoms with van der Waals surface area (Å²) in [6, 6.07) is 0. The molecule has 0 aliphatic rings. The van der Waals surface area contributed by atoms with Gasteiger partial charge in [0.2, 0.25) is 0 Å². The molecule has 0 aromatic carbocycles. The van der Waals surface area contributed by atoms with Gasteiger partial charge in [0.25, 0.3) is 0 Å². The maximum atomic E-state index is 10.6. The molecule has 1 atom stereocenters. The predicted octanol–water partition coefficient (Wildman–Crippen LogP) is 1.54. The van der Waals surface area contributed by atoms with Crippen molar-refractivity contribution in [1.29, 1.82) is 0 Å². The van der Waals surface area contributed by atoms with Gasteiger partial charge in [-0.25, -0.2) is 9.13 Å². The summed E-state index contributed by atoms with van der Waals surface area (Å²) in [5.41, 5.74) is 0. The summed E-state index contributed by atoms with van der Waals surface area (Å²) >= 11 is 0. The van der Waals surface area contributed by atoms with Crippen molar-refractivity contribution in [2.24, 2.45) is 0 Å². The molecule has 0 rings (SSSR count). The van der Waals surface area contributed by atoms with E-state index >= 15 is 0 Å². The van der Waals surface area contributed by atoms with Crippen LogP contribution in [0.1, 0.15) is 39.0 Å². The zero-order valence-corrected chi connectivity index (χ0v) is 11.9. The SMILES string of the molecule is CCC(CCCCCOP(=O)(O)O)OP(=O)(O)O.